The van der Waals surface area contributed by atoms with Gasteiger partial charge in [0.25, 0.3) is 5.91 Å². The van der Waals surface area contributed by atoms with Crippen molar-refractivity contribution in [3.8, 4) is 11.5 Å². The van der Waals surface area contributed by atoms with Crippen LogP contribution in [0, 0.1) is 0 Å². The second kappa shape index (κ2) is 10.4. The molecule has 10 nitrogen and oxygen atoms in total. The van der Waals surface area contributed by atoms with Crippen LogP contribution in [0.5, 0.6) is 11.5 Å². The number of amides is 1. The summed E-state index contributed by atoms with van der Waals surface area (Å²) < 4.78 is 63.8. The van der Waals surface area contributed by atoms with Crippen molar-refractivity contribution in [2.75, 3.05) is 43.3 Å². The molecule has 0 aromatic heterocycles. The van der Waals surface area contributed by atoms with Crippen molar-refractivity contribution in [3.63, 3.8) is 0 Å². The maximum absolute atomic E-state index is 12.7. The molecule has 2 aliphatic rings. The van der Waals surface area contributed by atoms with E-state index in [1.54, 1.807) is 36.4 Å². The van der Waals surface area contributed by atoms with Crippen LogP contribution in [0.2, 0.25) is 0 Å². The van der Waals surface area contributed by atoms with E-state index in [9.17, 15) is 21.6 Å². The number of fused-ring (bicyclic) bond motifs is 1. The third kappa shape index (κ3) is 5.88. The third-order valence-corrected chi connectivity index (χ3v) is 8.93. The molecule has 2 aliphatic heterocycles. The molecule has 12 heteroatoms. The van der Waals surface area contributed by atoms with E-state index in [1.165, 1.54) is 16.4 Å². The lowest BCUT2D eigenvalue weighted by molar-refractivity contribution is -0.127. The fourth-order valence-electron chi connectivity index (χ4n) is 4.07. The molecule has 1 saturated heterocycles. The molecule has 190 valence electrons. The second-order valence-electron chi connectivity index (χ2n) is 8.44. The molecule has 0 spiro atoms. The summed E-state index contributed by atoms with van der Waals surface area (Å²) >= 11 is 0. The van der Waals surface area contributed by atoms with E-state index >= 15 is 0 Å². The van der Waals surface area contributed by atoms with Gasteiger partial charge in [-0.25, -0.2) is 16.8 Å². The van der Waals surface area contributed by atoms with Gasteiger partial charge in [0.15, 0.2) is 6.10 Å². The second-order valence-corrected chi connectivity index (χ2v) is 12.3. The average Bonchev–Trinajstić information content (AvgIpc) is 2.86. The largest absolute Gasteiger partial charge is 0.492 e. The molecule has 0 saturated carbocycles. The SMILES string of the molecule is CS(=O)(=O)N1CC(C(=O)NCCOc2ccc(S(=O)(=O)N3CCCCC3)cc2)Oc2ccccc21. The molecule has 1 unspecified atom stereocenters. The summed E-state index contributed by atoms with van der Waals surface area (Å²) in [7, 11) is -7.09. The van der Waals surface area contributed by atoms with Crippen molar-refractivity contribution in [2.24, 2.45) is 0 Å². The Kier molecular flexibility index (Phi) is 7.53. The van der Waals surface area contributed by atoms with Gasteiger partial charge in [0.05, 0.1) is 29.9 Å². The minimum atomic E-state index is -3.59. The molecular formula is C23H29N3O7S2. The predicted molar refractivity (Wildman–Crippen MR) is 131 cm³/mol. The Balaban J connectivity index is 1.29. The number of carbonyl (C=O) groups excluding carboxylic acids is 1. The normalized spacial score (nSPS) is 18.9. The summed E-state index contributed by atoms with van der Waals surface area (Å²) in [5.74, 6) is 0.336. The maximum Gasteiger partial charge on any atom is 0.263 e. The first-order chi connectivity index (χ1) is 16.7. The Hall–Kier alpha value is -2.83. The molecular weight excluding hydrogens is 494 g/mol. The van der Waals surface area contributed by atoms with Gasteiger partial charge in [0, 0.05) is 13.1 Å². The summed E-state index contributed by atoms with van der Waals surface area (Å²) in [4.78, 5) is 12.8. The van der Waals surface area contributed by atoms with Crippen LogP contribution in [0.4, 0.5) is 5.69 Å². The van der Waals surface area contributed by atoms with Gasteiger partial charge < -0.3 is 14.8 Å². The van der Waals surface area contributed by atoms with Crippen LogP contribution in [0.15, 0.2) is 53.4 Å². The van der Waals surface area contributed by atoms with Crippen LogP contribution in [0.3, 0.4) is 0 Å². The number of nitrogens with zero attached hydrogens (tertiary/aromatic N) is 2. The first-order valence-electron chi connectivity index (χ1n) is 11.4. The van der Waals surface area contributed by atoms with E-state index in [0.717, 1.165) is 29.8 Å². The zero-order valence-electron chi connectivity index (χ0n) is 19.4. The number of rotatable bonds is 8. The van der Waals surface area contributed by atoms with Gasteiger partial charge in [-0.15, -0.1) is 0 Å². The number of hydrogen-bond acceptors (Lipinski definition) is 7. The van der Waals surface area contributed by atoms with Crippen LogP contribution in [-0.2, 0) is 24.8 Å². The highest BCUT2D eigenvalue weighted by molar-refractivity contribution is 7.92. The zero-order chi connectivity index (χ0) is 25.1. The van der Waals surface area contributed by atoms with Gasteiger partial charge in [-0.1, -0.05) is 18.6 Å². The number of ether oxygens (including phenoxy) is 2. The van der Waals surface area contributed by atoms with Gasteiger partial charge in [0.1, 0.15) is 18.1 Å². The van der Waals surface area contributed by atoms with Crippen LogP contribution < -0.4 is 19.1 Å². The first kappa shape index (κ1) is 25.3. The molecule has 1 fully saturated rings. The standard InChI is InChI=1S/C23H29N3O7S2/c1-34(28,29)26-17-22(33-21-8-4-3-7-20(21)26)23(27)24-13-16-32-18-9-11-19(12-10-18)35(30,31)25-14-5-2-6-15-25/h3-4,7-12,22H,2,5-6,13-17H2,1H3,(H,24,27). The van der Waals surface area contributed by atoms with Crippen molar-refractivity contribution < 1.29 is 31.1 Å². The maximum atomic E-state index is 12.7. The molecule has 4 rings (SSSR count). The number of sulfonamides is 2. The monoisotopic (exact) mass is 523 g/mol. The number of hydrogen-bond donors (Lipinski definition) is 1. The van der Waals surface area contributed by atoms with Crippen molar-refractivity contribution in [1.82, 2.24) is 9.62 Å². The number of nitrogens with one attached hydrogen (secondary N) is 1. The van der Waals surface area contributed by atoms with Gasteiger partial charge in [-0.2, -0.15) is 4.31 Å². The lowest BCUT2D eigenvalue weighted by Crippen LogP contribution is -2.51. The van der Waals surface area contributed by atoms with Crippen LogP contribution >= 0.6 is 0 Å². The van der Waals surface area contributed by atoms with E-state index in [4.69, 9.17) is 9.47 Å². The summed E-state index contributed by atoms with van der Waals surface area (Å²) in [5, 5.41) is 2.69. The zero-order valence-corrected chi connectivity index (χ0v) is 21.1. The summed E-state index contributed by atoms with van der Waals surface area (Å²) in [6.45, 7) is 1.25. The molecule has 1 amide bonds. The molecule has 0 bridgehead atoms. The average molecular weight is 524 g/mol. The Morgan fingerprint density at radius 2 is 1.71 bits per heavy atom. The molecule has 2 aromatic rings. The Morgan fingerprint density at radius 3 is 2.40 bits per heavy atom. The number of piperidine rings is 1. The molecule has 35 heavy (non-hydrogen) atoms. The van der Waals surface area contributed by atoms with Crippen molar-refractivity contribution in [3.05, 3.63) is 48.5 Å². The highest BCUT2D eigenvalue weighted by Gasteiger charge is 2.34. The lowest BCUT2D eigenvalue weighted by atomic mass is 10.2. The predicted octanol–water partition coefficient (Wildman–Crippen LogP) is 1.58. The Bertz CT molecular complexity index is 1260. The fourth-order valence-corrected chi connectivity index (χ4v) is 6.50. The van der Waals surface area contributed by atoms with Crippen LogP contribution in [0.25, 0.3) is 0 Å². The summed E-state index contributed by atoms with van der Waals surface area (Å²) in [6, 6.07) is 12.9. The lowest BCUT2D eigenvalue weighted by Gasteiger charge is -2.33. The van der Waals surface area contributed by atoms with Gasteiger partial charge in [-0.3, -0.25) is 9.10 Å². The van der Waals surface area contributed by atoms with Crippen LogP contribution in [-0.4, -0.2) is 72.2 Å². The molecule has 2 heterocycles. The minimum Gasteiger partial charge on any atom is -0.492 e. The smallest absolute Gasteiger partial charge is 0.263 e. The Morgan fingerprint density at radius 1 is 1.03 bits per heavy atom. The third-order valence-electron chi connectivity index (χ3n) is 5.87. The highest BCUT2D eigenvalue weighted by atomic mass is 32.2. The van der Waals surface area contributed by atoms with E-state index in [-0.39, 0.29) is 24.6 Å². The summed E-state index contributed by atoms with van der Waals surface area (Å²) in [5.41, 5.74) is 0.396. The van der Waals surface area contributed by atoms with Gasteiger partial charge >= 0.3 is 0 Å². The first-order valence-corrected chi connectivity index (χ1v) is 14.7. The number of para-hydroxylation sites is 2. The van der Waals surface area contributed by atoms with E-state index in [0.29, 0.717) is 30.3 Å². The molecule has 0 aliphatic carbocycles. The van der Waals surface area contributed by atoms with E-state index < -0.39 is 32.1 Å². The van der Waals surface area contributed by atoms with Crippen molar-refractivity contribution >= 4 is 31.6 Å². The van der Waals surface area contributed by atoms with Crippen LogP contribution in [0.1, 0.15) is 19.3 Å². The Labute approximate surface area is 205 Å². The molecule has 1 atom stereocenters. The molecule has 2 aromatic carbocycles. The number of anilines is 1. The van der Waals surface area contributed by atoms with E-state index in [1.807, 2.05) is 0 Å². The molecule has 1 N–H and O–H groups in total. The topological polar surface area (TPSA) is 122 Å². The van der Waals surface area contributed by atoms with Crippen molar-refractivity contribution in [1.29, 1.82) is 0 Å². The van der Waals surface area contributed by atoms with E-state index in [2.05, 4.69) is 5.32 Å². The number of benzene rings is 2. The number of carbonyl (C=O) groups is 1. The molecule has 0 radical (unpaired) electrons. The summed E-state index contributed by atoms with van der Waals surface area (Å²) in [6.07, 6.45) is 2.87. The minimum absolute atomic E-state index is 0.129. The van der Waals surface area contributed by atoms with Crippen molar-refractivity contribution in [2.45, 2.75) is 30.3 Å². The van der Waals surface area contributed by atoms with Gasteiger partial charge in [-0.05, 0) is 49.2 Å². The fraction of sp³-hybridized carbons (Fsp3) is 0.435. The van der Waals surface area contributed by atoms with Gasteiger partial charge in [0.2, 0.25) is 20.0 Å². The highest BCUT2D eigenvalue weighted by Crippen LogP contribution is 2.34. The quantitative estimate of drug-likeness (QED) is 0.521.